The number of amides is 1. The van der Waals surface area contributed by atoms with Crippen molar-refractivity contribution in [2.75, 3.05) is 11.9 Å². The first-order chi connectivity index (χ1) is 10.8. The van der Waals surface area contributed by atoms with Gasteiger partial charge in [-0.3, -0.25) is 4.79 Å². The van der Waals surface area contributed by atoms with Gasteiger partial charge in [0.15, 0.2) is 6.61 Å². The van der Waals surface area contributed by atoms with Crippen molar-refractivity contribution in [2.45, 2.75) is 33.1 Å². The number of phenolic OH excluding ortho intramolecular Hbond substituents is 1. The summed E-state index contributed by atoms with van der Waals surface area (Å²) in [5.41, 5.74) is 2.29. The van der Waals surface area contributed by atoms with Gasteiger partial charge in [0.2, 0.25) is 0 Å². The van der Waals surface area contributed by atoms with Crippen LogP contribution in [0.4, 0.5) is 5.69 Å². The van der Waals surface area contributed by atoms with Crippen LogP contribution in [0, 0.1) is 6.92 Å². The van der Waals surface area contributed by atoms with Crippen LogP contribution in [0.5, 0.6) is 11.5 Å². The summed E-state index contributed by atoms with van der Waals surface area (Å²) in [6, 6.07) is 12.8. The highest BCUT2D eigenvalue weighted by atomic mass is 16.5. The number of carbonyl (C=O) groups excluding carboxylic acids is 1. The maximum Gasteiger partial charge on any atom is 0.262 e. The van der Waals surface area contributed by atoms with Gasteiger partial charge in [0.25, 0.3) is 5.91 Å². The van der Waals surface area contributed by atoms with E-state index in [0.29, 0.717) is 11.4 Å². The van der Waals surface area contributed by atoms with Gasteiger partial charge in [-0.05, 0) is 41.7 Å². The number of phenols is 1. The summed E-state index contributed by atoms with van der Waals surface area (Å²) in [6.45, 7) is 8.05. The van der Waals surface area contributed by atoms with Crippen LogP contribution in [0.3, 0.4) is 0 Å². The predicted molar refractivity (Wildman–Crippen MR) is 92.1 cm³/mol. The number of hydrogen-bond acceptors (Lipinski definition) is 3. The van der Waals surface area contributed by atoms with Gasteiger partial charge in [-0.2, -0.15) is 0 Å². The summed E-state index contributed by atoms with van der Waals surface area (Å²) in [5, 5.41) is 12.5. The molecule has 0 aliphatic carbocycles. The Kier molecular flexibility index (Phi) is 4.94. The lowest BCUT2D eigenvalue weighted by molar-refractivity contribution is -0.118. The molecule has 23 heavy (non-hydrogen) atoms. The molecular formula is C19H23NO3. The van der Waals surface area contributed by atoms with E-state index in [0.717, 1.165) is 11.1 Å². The number of carbonyl (C=O) groups is 1. The Bertz CT molecular complexity index is 702. The summed E-state index contributed by atoms with van der Waals surface area (Å²) in [4.78, 5) is 12.0. The van der Waals surface area contributed by atoms with Crippen LogP contribution in [0.25, 0.3) is 0 Å². The van der Waals surface area contributed by atoms with Crippen molar-refractivity contribution in [2.24, 2.45) is 0 Å². The highest BCUT2D eigenvalue weighted by Gasteiger charge is 2.19. The molecule has 122 valence electrons. The third-order valence-electron chi connectivity index (χ3n) is 3.48. The standard InChI is InChI=1S/C19H23NO3/c1-13-9-10-15(16(21)11-13)20-18(22)12-23-17-8-6-5-7-14(17)19(2,3)4/h5-11,21H,12H2,1-4H3,(H,20,22). The van der Waals surface area contributed by atoms with Crippen molar-refractivity contribution in [1.29, 1.82) is 0 Å². The van der Waals surface area contributed by atoms with Gasteiger partial charge in [-0.15, -0.1) is 0 Å². The van der Waals surface area contributed by atoms with E-state index >= 15 is 0 Å². The summed E-state index contributed by atoms with van der Waals surface area (Å²) < 4.78 is 5.67. The van der Waals surface area contributed by atoms with E-state index in [2.05, 4.69) is 26.1 Å². The van der Waals surface area contributed by atoms with Crippen molar-refractivity contribution in [3.05, 3.63) is 53.6 Å². The second kappa shape index (κ2) is 6.73. The number of para-hydroxylation sites is 1. The number of hydrogen-bond donors (Lipinski definition) is 2. The fourth-order valence-corrected chi connectivity index (χ4v) is 2.29. The van der Waals surface area contributed by atoms with Gasteiger partial charge in [0.05, 0.1) is 5.69 Å². The Balaban J connectivity index is 2.03. The fraction of sp³-hybridized carbons (Fsp3) is 0.316. The van der Waals surface area contributed by atoms with Gasteiger partial charge >= 0.3 is 0 Å². The Morgan fingerprint density at radius 1 is 1.17 bits per heavy atom. The molecule has 0 aromatic heterocycles. The molecule has 0 spiro atoms. The molecule has 4 heteroatoms. The van der Waals surface area contributed by atoms with Crippen molar-refractivity contribution in [3.63, 3.8) is 0 Å². The number of rotatable bonds is 4. The molecular weight excluding hydrogens is 290 g/mol. The molecule has 0 heterocycles. The zero-order valence-electron chi connectivity index (χ0n) is 14.0. The van der Waals surface area contributed by atoms with Gasteiger partial charge in [-0.1, -0.05) is 45.0 Å². The highest BCUT2D eigenvalue weighted by molar-refractivity contribution is 5.93. The molecule has 0 atom stereocenters. The van der Waals surface area contributed by atoms with E-state index < -0.39 is 0 Å². The Hall–Kier alpha value is -2.49. The van der Waals surface area contributed by atoms with Gasteiger partial charge in [-0.25, -0.2) is 0 Å². The average Bonchev–Trinajstić information content (AvgIpc) is 2.47. The van der Waals surface area contributed by atoms with Crippen LogP contribution in [0.15, 0.2) is 42.5 Å². The van der Waals surface area contributed by atoms with Crippen LogP contribution in [0.2, 0.25) is 0 Å². The number of aromatic hydroxyl groups is 1. The maximum atomic E-state index is 12.0. The minimum absolute atomic E-state index is 0.0495. The van der Waals surface area contributed by atoms with E-state index in [1.54, 1.807) is 12.1 Å². The highest BCUT2D eigenvalue weighted by Crippen LogP contribution is 2.31. The molecule has 0 saturated heterocycles. The molecule has 0 aliphatic heterocycles. The van der Waals surface area contributed by atoms with Crippen molar-refractivity contribution in [1.82, 2.24) is 0 Å². The summed E-state index contributed by atoms with van der Waals surface area (Å²) in [5.74, 6) is 0.435. The third kappa shape index (κ3) is 4.49. The van der Waals surface area contributed by atoms with Crippen LogP contribution in [-0.4, -0.2) is 17.6 Å². The molecule has 2 aromatic carbocycles. The molecule has 0 saturated carbocycles. The third-order valence-corrected chi connectivity index (χ3v) is 3.48. The number of nitrogens with one attached hydrogen (secondary N) is 1. The quantitative estimate of drug-likeness (QED) is 0.838. The molecule has 4 nitrogen and oxygen atoms in total. The lowest BCUT2D eigenvalue weighted by Gasteiger charge is -2.22. The van der Waals surface area contributed by atoms with Gasteiger partial charge < -0.3 is 15.2 Å². The second-order valence-corrected chi connectivity index (χ2v) is 6.60. The van der Waals surface area contributed by atoms with Crippen LogP contribution < -0.4 is 10.1 Å². The molecule has 0 fully saturated rings. The van der Waals surface area contributed by atoms with E-state index in [1.165, 1.54) is 0 Å². The summed E-state index contributed by atoms with van der Waals surface area (Å²) in [6.07, 6.45) is 0. The second-order valence-electron chi connectivity index (χ2n) is 6.60. The molecule has 2 N–H and O–H groups in total. The molecule has 0 radical (unpaired) electrons. The minimum Gasteiger partial charge on any atom is -0.506 e. The largest absolute Gasteiger partial charge is 0.506 e. The molecule has 2 rings (SSSR count). The van der Waals surface area contributed by atoms with E-state index in [1.807, 2.05) is 37.3 Å². The Labute approximate surface area is 137 Å². The molecule has 1 amide bonds. The van der Waals surface area contributed by atoms with E-state index in [9.17, 15) is 9.90 Å². The number of ether oxygens (including phenoxy) is 1. The first-order valence-electron chi connectivity index (χ1n) is 7.59. The normalized spacial score (nSPS) is 11.1. The zero-order valence-corrected chi connectivity index (χ0v) is 14.0. The first kappa shape index (κ1) is 16.9. The fourth-order valence-electron chi connectivity index (χ4n) is 2.29. The minimum atomic E-state index is -0.312. The monoisotopic (exact) mass is 313 g/mol. The van der Waals surface area contributed by atoms with Crippen molar-refractivity contribution < 1.29 is 14.6 Å². The average molecular weight is 313 g/mol. The molecule has 2 aromatic rings. The summed E-state index contributed by atoms with van der Waals surface area (Å²) >= 11 is 0. The number of benzene rings is 2. The molecule has 0 bridgehead atoms. The Morgan fingerprint density at radius 2 is 1.87 bits per heavy atom. The SMILES string of the molecule is Cc1ccc(NC(=O)COc2ccccc2C(C)(C)C)c(O)c1. The lowest BCUT2D eigenvalue weighted by Crippen LogP contribution is -2.22. The van der Waals surface area contributed by atoms with E-state index in [-0.39, 0.29) is 23.7 Å². The Morgan fingerprint density at radius 3 is 2.52 bits per heavy atom. The van der Waals surface area contributed by atoms with Crippen molar-refractivity contribution in [3.8, 4) is 11.5 Å². The van der Waals surface area contributed by atoms with E-state index in [4.69, 9.17) is 4.74 Å². The number of aryl methyl sites for hydroxylation is 1. The first-order valence-corrected chi connectivity index (χ1v) is 7.59. The van der Waals surface area contributed by atoms with Crippen LogP contribution >= 0.6 is 0 Å². The lowest BCUT2D eigenvalue weighted by atomic mass is 9.86. The van der Waals surface area contributed by atoms with Crippen molar-refractivity contribution >= 4 is 11.6 Å². The maximum absolute atomic E-state index is 12.0. The smallest absolute Gasteiger partial charge is 0.262 e. The molecule has 0 unspecified atom stereocenters. The topological polar surface area (TPSA) is 58.6 Å². The molecule has 0 aliphatic rings. The van der Waals surface area contributed by atoms with Crippen LogP contribution in [-0.2, 0) is 10.2 Å². The predicted octanol–water partition coefficient (Wildman–Crippen LogP) is 4.02. The van der Waals surface area contributed by atoms with Crippen LogP contribution in [0.1, 0.15) is 31.9 Å². The number of anilines is 1. The van der Waals surface area contributed by atoms with Gasteiger partial charge in [0.1, 0.15) is 11.5 Å². The van der Waals surface area contributed by atoms with Gasteiger partial charge in [0, 0.05) is 0 Å². The summed E-state index contributed by atoms with van der Waals surface area (Å²) in [7, 11) is 0. The zero-order chi connectivity index (χ0) is 17.0.